The number of esters is 1. The van der Waals surface area contributed by atoms with Crippen LogP contribution in [-0.2, 0) is 23.7 Å². The van der Waals surface area contributed by atoms with Crippen LogP contribution in [-0.4, -0.2) is 33.2 Å². The Kier molecular flexibility index (Phi) is 5.36. The van der Waals surface area contributed by atoms with Crippen LogP contribution in [0.5, 0.6) is 0 Å². The second kappa shape index (κ2) is 7.89. The Morgan fingerprint density at radius 1 is 1.25 bits per heavy atom. The van der Waals surface area contributed by atoms with Crippen molar-refractivity contribution in [3.8, 4) is 22.4 Å². The summed E-state index contributed by atoms with van der Waals surface area (Å²) in [6.45, 7) is 8.28. The lowest BCUT2D eigenvalue weighted by atomic mass is 9.76. The van der Waals surface area contributed by atoms with Gasteiger partial charge in [-0.1, -0.05) is 13.8 Å². The molecule has 1 aliphatic heterocycles. The minimum absolute atomic E-state index is 0.0218. The molecule has 1 aliphatic rings. The van der Waals surface area contributed by atoms with E-state index in [9.17, 15) is 14.4 Å². The number of benzene rings is 1. The fourth-order valence-electron chi connectivity index (χ4n) is 4.43. The molecule has 0 saturated carbocycles. The average molecular weight is 434 g/mol. The molecule has 4 rings (SSSR count). The van der Waals surface area contributed by atoms with Crippen molar-refractivity contribution in [2.75, 3.05) is 6.61 Å². The van der Waals surface area contributed by atoms with E-state index >= 15 is 0 Å². The smallest absolute Gasteiger partial charge is 0.343 e. The summed E-state index contributed by atoms with van der Waals surface area (Å²) in [5.41, 5.74) is 4.03. The molecule has 0 spiro atoms. The molecule has 2 aromatic heterocycles. The number of nitrogens with zero attached hydrogens (tertiary/aromatic N) is 3. The first-order valence-electron chi connectivity index (χ1n) is 10.8. The molecule has 1 unspecified atom stereocenters. The third kappa shape index (κ3) is 3.38. The lowest BCUT2D eigenvalue weighted by Crippen LogP contribution is -2.42. The van der Waals surface area contributed by atoms with Crippen molar-refractivity contribution >= 4 is 12.3 Å². The van der Waals surface area contributed by atoms with Crippen LogP contribution in [0.3, 0.4) is 0 Å². The fourth-order valence-corrected chi connectivity index (χ4v) is 4.43. The predicted molar refractivity (Wildman–Crippen MR) is 122 cm³/mol. The van der Waals surface area contributed by atoms with Gasteiger partial charge in [0.2, 0.25) is 0 Å². The summed E-state index contributed by atoms with van der Waals surface area (Å²) in [5, 5.41) is 4.24. The molecule has 166 valence electrons. The van der Waals surface area contributed by atoms with E-state index in [-0.39, 0.29) is 23.6 Å². The Labute approximate surface area is 186 Å². The van der Waals surface area contributed by atoms with Crippen LogP contribution in [0.4, 0.5) is 0 Å². The van der Waals surface area contributed by atoms with Crippen LogP contribution in [0.2, 0.25) is 0 Å². The topological polar surface area (TPSA) is 83.2 Å². The first-order chi connectivity index (χ1) is 15.2. The Balaban J connectivity index is 1.99. The SMILES string of the molecule is CCOC(=O)c1cn2c(cc1=O)-c1cc(C=O)c(-c3cnn(C)c3)cc1CC2(C)C(C)C. The number of pyridine rings is 1. The largest absolute Gasteiger partial charge is 0.462 e. The molecule has 0 radical (unpaired) electrons. The summed E-state index contributed by atoms with van der Waals surface area (Å²) in [4.78, 5) is 37.2. The number of aldehydes is 1. The van der Waals surface area contributed by atoms with Crippen molar-refractivity contribution in [1.29, 1.82) is 0 Å². The number of ether oxygens (including phenoxy) is 1. The molecule has 7 heteroatoms. The molecule has 1 atom stereocenters. The summed E-state index contributed by atoms with van der Waals surface area (Å²) in [7, 11) is 1.84. The molecule has 0 aliphatic carbocycles. The molecule has 0 amide bonds. The second-order valence-electron chi connectivity index (χ2n) is 8.83. The molecule has 1 aromatic carbocycles. The molecule has 0 fully saturated rings. The number of rotatable bonds is 5. The van der Waals surface area contributed by atoms with Gasteiger partial charge >= 0.3 is 5.97 Å². The van der Waals surface area contributed by atoms with Crippen LogP contribution < -0.4 is 5.43 Å². The zero-order chi connectivity index (χ0) is 23.2. The van der Waals surface area contributed by atoms with E-state index < -0.39 is 11.4 Å². The molecule has 7 nitrogen and oxygen atoms in total. The molecule has 0 bridgehead atoms. The molecule has 3 aromatic rings. The van der Waals surface area contributed by atoms with Gasteiger partial charge < -0.3 is 9.30 Å². The number of hydrogen-bond acceptors (Lipinski definition) is 5. The quantitative estimate of drug-likeness (QED) is 0.451. The van der Waals surface area contributed by atoms with Gasteiger partial charge in [-0.25, -0.2) is 4.79 Å². The number of aryl methyl sites for hydroxylation is 1. The predicted octanol–water partition coefficient (Wildman–Crippen LogP) is 3.83. The zero-order valence-electron chi connectivity index (χ0n) is 19.0. The molecule has 0 saturated heterocycles. The van der Waals surface area contributed by atoms with Gasteiger partial charge in [0, 0.05) is 47.7 Å². The maximum atomic E-state index is 12.8. The normalized spacial score (nSPS) is 17.1. The van der Waals surface area contributed by atoms with Crippen LogP contribution in [0.15, 0.2) is 41.6 Å². The highest BCUT2D eigenvalue weighted by Gasteiger charge is 2.38. The highest BCUT2D eigenvalue weighted by molar-refractivity contribution is 5.92. The van der Waals surface area contributed by atoms with E-state index in [1.807, 2.05) is 29.9 Å². The van der Waals surface area contributed by atoms with Crippen molar-refractivity contribution in [3.05, 3.63) is 63.7 Å². The van der Waals surface area contributed by atoms with Crippen molar-refractivity contribution in [1.82, 2.24) is 14.3 Å². The summed E-state index contributed by atoms with van der Waals surface area (Å²) >= 11 is 0. The number of fused-ring (bicyclic) bond motifs is 3. The highest BCUT2D eigenvalue weighted by Crippen LogP contribution is 2.43. The van der Waals surface area contributed by atoms with Crippen LogP contribution >= 0.6 is 0 Å². The van der Waals surface area contributed by atoms with Crippen molar-refractivity contribution in [3.63, 3.8) is 0 Å². The Morgan fingerprint density at radius 2 is 2.00 bits per heavy atom. The third-order valence-corrected chi connectivity index (χ3v) is 6.58. The van der Waals surface area contributed by atoms with Gasteiger partial charge in [-0.05, 0) is 49.4 Å². The number of carbonyl (C=O) groups excluding carboxylic acids is 2. The van der Waals surface area contributed by atoms with E-state index in [2.05, 4.69) is 25.9 Å². The van der Waals surface area contributed by atoms with E-state index in [1.54, 1.807) is 24.0 Å². The Bertz CT molecular complexity index is 1280. The maximum Gasteiger partial charge on any atom is 0.343 e. The average Bonchev–Trinajstić information content (AvgIpc) is 3.18. The van der Waals surface area contributed by atoms with Gasteiger partial charge in [0.15, 0.2) is 11.7 Å². The summed E-state index contributed by atoms with van der Waals surface area (Å²) in [6, 6.07) is 5.35. The van der Waals surface area contributed by atoms with E-state index in [4.69, 9.17) is 4.74 Å². The van der Waals surface area contributed by atoms with E-state index in [0.717, 1.165) is 28.5 Å². The van der Waals surface area contributed by atoms with Gasteiger partial charge in [-0.15, -0.1) is 0 Å². The molecular formula is C25H27N3O4. The van der Waals surface area contributed by atoms with Crippen molar-refractivity contribution in [2.24, 2.45) is 13.0 Å². The molecule has 0 N–H and O–H groups in total. The van der Waals surface area contributed by atoms with Crippen LogP contribution in [0, 0.1) is 5.92 Å². The minimum Gasteiger partial charge on any atom is -0.462 e. The standard InChI is InChI=1S/C25H27N3O4/c1-6-32-24(31)21-13-28-22(9-23(21)30)20-8-17(14-29)19(18-11-26-27(5)12-18)7-16(20)10-25(28,4)15(2)3/h7-9,11-15H,6,10H2,1-5H3. The minimum atomic E-state index is -0.620. The Morgan fingerprint density at radius 3 is 2.59 bits per heavy atom. The van der Waals surface area contributed by atoms with Gasteiger partial charge in [-0.2, -0.15) is 5.10 Å². The molecule has 3 heterocycles. The number of hydrogen-bond donors (Lipinski definition) is 0. The first kappa shape index (κ1) is 21.7. The van der Waals surface area contributed by atoms with Crippen molar-refractivity contribution < 1.29 is 14.3 Å². The van der Waals surface area contributed by atoms with Gasteiger partial charge in [0.25, 0.3) is 0 Å². The Hall–Kier alpha value is -3.48. The van der Waals surface area contributed by atoms with Gasteiger partial charge in [0.05, 0.1) is 18.5 Å². The first-order valence-corrected chi connectivity index (χ1v) is 10.8. The number of aromatic nitrogens is 3. The maximum absolute atomic E-state index is 12.8. The van der Waals surface area contributed by atoms with Gasteiger partial charge in [-0.3, -0.25) is 14.3 Å². The second-order valence-corrected chi connectivity index (χ2v) is 8.83. The van der Waals surface area contributed by atoms with E-state index in [1.165, 1.54) is 6.07 Å². The van der Waals surface area contributed by atoms with Crippen molar-refractivity contribution in [2.45, 2.75) is 39.7 Å². The van der Waals surface area contributed by atoms with Gasteiger partial charge in [0.1, 0.15) is 5.56 Å². The summed E-state index contributed by atoms with van der Waals surface area (Å²) < 4.78 is 8.80. The molecule has 32 heavy (non-hydrogen) atoms. The lowest BCUT2D eigenvalue weighted by Gasteiger charge is -2.43. The lowest BCUT2D eigenvalue weighted by molar-refractivity contribution is 0.0522. The third-order valence-electron chi connectivity index (χ3n) is 6.58. The van der Waals surface area contributed by atoms with Crippen LogP contribution in [0.25, 0.3) is 22.4 Å². The van der Waals surface area contributed by atoms with Crippen LogP contribution in [0.1, 0.15) is 54.0 Å². The fraction of sp³-hybridized carbons (Fsp3) is 0.360. The zero-order valence-corrected chi connectivity index (χ0v) is 19.0. The summed E-state index contributed by atoms with van der Waals surface area (Å²) in [5.74, 6) is -0.412. The molecular weight excluding hydrogens is 406 g/mol. The highest BCUT2D eigenvalue weighted by atomic mass is 16.5. The summed E-state index contributed by atoms with van der Waals surface area (Å²) in [6.07, 6.45) is 6.75. The number of carbonyl (C=O) groups is 2. The monoisotopic (exact) mass is 433 g/mol. The van der Waals surface area contributed by atoms with E-state index in [0.29, 0.717) is 17.7 Å².